The Hall–Kier alpha value is -1.55. The van der Waals surface area contributed by atoms with Gasteiger partial charge in [-0.3, -0.25) is 5.10 Å². The van der Waals surface area contributed by atoms with Crippen LogP contribution in [-0.2, 0) is 12.8 Å². The minimum absolute atomic E-state index is 0.739. The zero-order chi connectivity index (χ0) is 12.1. The Labute approximate surface area is 105 Å². The van der Waals surface area contributed by atoms with Gasteiger partial charge in [-0.15, -0.1) is 0 Å². The van der Waals surface area contributed by atoms with E-state index in [2.05, 4.69) is 20.5 Å². The molecule has 2 aromatic rings. The molecule has 2 N–H and O–H groups in total. The number of aryl methyl sites for hydroxylation is 1. The monoisotopic (exact) mass is 250 g/mol. The van der Waals surface area contributed by atoms with Crippen LogP contribution >= 0.6 is 11.6 Å². The van der Waals surface area contributed by atoms with Gasteiger partial charge in [-0.2, -0.15) is 5.10 Å². The molecule has 1 aromatic heterocycles. The highest BCUT2D eigenvalue weighted by molar-refractivity contribution is 6.30. The number of anilines is 1. The fourth-order valence-electron chi connectivity index (χ4n) is 1.53. The van der Waals surface area contributed by atoms with E-state index < -0.39 is 0 Å². The van der Waals surface area contributed by atoms with Crippen molar-refractivity contribution >= 4 is 17.3 Å². The molecule has 1 heterocycles. The highest BCUT2D eigenvalue weighted by atomic mass is 35.5. The highest BCUT2D eigenvalue weighted by Gasteiger charge is 2.00. The Morgan fingerprint density at radius 2 is 2.29 bits per heavy atom. The number of hydrogen-bond acceptors (Lipinski definition) is 3. The lowest BCUT2D eigenvalue weighted by Crippen LogP contribution is -2.05. The summed E-state index contributed by atoms with van der Waals surface area (Å²) in [5.41, 5.74) is 1.02. The van der Waals surface area contributed by atoms with Crippen molar-refractivity contribution in [3.05, 3.63) is 40.9 Å². The van der Waals surface area contributed by atoms with Crippen molar-refractivity contribution in [1.29, 1.82) is 0 Å². The third kappa shape index (κ3) is 3.46. The first-order valence-corrected chi connectivity index (χ1v) is 6.05. The summed E-state index contributed by atoms with van der Waals surface area (Å²) in [5.74, 6) is 1.78. The van der Waals surface area contributed by atoms with Crippen LogP contribution in [0, 0.1) is 0 Å². The summed E-state index contributed by atoms with van der Waals surface area (Å²) in [6, 6.07) is 7.67. The molecular formula is C12H15ClN4. The fraction of sp³-hybridized carbons (Fsp3) is 0.333. The molecule has 0 saturated carbocycles. The molecule has 0 amide bonds. The molecular weight excluding hydrogens is 236 g/mol. The van der Waals surface area contributed by atoms with Crippen molar-refractivity contribution in [3.8, 4) is 0 Å². The molecule has 0 unspecified atom stereocenters. The zero-order valence-electron chi connectivity index (χ0n) is 9.70. The Morgan fingerprint density at radius 1 is 1.41 bits per heavy atom. The van der Waals surface area contributed by atoms with Gasteiger partial charge in [-0.1, -0.05) is 24.6 Å². The smallest absolute Gasteiger partial charge is 0.150 e. The summed E-state index contributed by atoms with van der Waals surface area (Å²) in [6.07, 6.45) is 1.68. The molecule has 2 rings (SSSR count). The van der Waals surface area contributed by atoms with Crippen LogP contribution in [0.15, 0.2) is 24.3 Å². The summed E-state index contributed by atoms with van der Waals surface area (Å²) in [5, 5.41) is 11.0. The van der Waals surface area contributed by atoms with Crippen LogP contribution in [0.5, 0.6) is 0 Å². The molecule has 0 aliphatic carbocycles. The van der Waals surface area contributed by atoms with E-state index in [0.29, 0.717) is 0 Å². The van der Waals surface area contributed by atoms with Gasteiger partial charge in [-0.25, -0.2) is 4.98 Å². The zero-order valence-corrected chi connectivity index (χ0v) is 10.5. The Balaban J connectivity index is 1.83. The summed E-state index contributed by atoms with van der Waals surface area (Å²) < 4.78 is 0. The van der Waals surface area contributed by atoms with Crippen molar-refractivity contribution in [2.45, 2.75) is 19.8 Å². The van der Waals surface area contributed by atoms with Crippen molar-refractivity contribution in [3.63, 3.8) is 0 Å². The highest BCUT2D eigenvalue weighted by Crippen LogP contribution is 2.14. The topological polar surface area (TPSA) is 53.6 Å². The average molecular weight is 251 g/mol. The van der Waals surface area contributed by atoms with Crippen LogP contribution in [0.3, 0.4) is 0 Å². The van der Waals surface area contributed by atoms with E-state index in [1.807, 2.05) is 31.2 Å². The maximum Gasteiger partial charge on any atom is 0.150 e. The van der Waals surface area contributed by atoms with Gasteiger partial charge in [0.15, 0.2) is 0 Å². The maximum atomic E-state index is 5.89. The summed E-state index contributed by atoms with van der Waals surface area (Å²) in [4.78, 5) is 4.34. The molecule has 0 aliphatic rings. The first-order valence-electron chi connectivity index (χ1n) is 5.67. The number of aromatic nitrogens is 3. The van der Waals surface area contributed by atoms with Crippen LogP contribution in [-0.4, -0.2) is 21.7 Å². The van der Waals surface area contributed by atoms with Crippen molar-refractivity contribution < 1.29 is 0 Å². The van der Waals surface area contributed by atoms with E-state index >= 15 is 0 Å². The van der Waals surface area contributed by atoms with E-state index in [-0.39, 0.29) is 0 Å². The molecule has 5 heteroatoms. The van der Waals surface area contributed by atoms with Crippen molar-refractivity contribution in [1.82, 2.24) is 15.2 Å². The minimum Gasteiger partial charge on any atom is -0.385 e. The van der Waals surface area contributed by atoms with Gasteiger partial charge in [-0.05, 0) is 18.2 Å². The second-order valence-corrected chi connectivity index (χ2v) is 4.18. The van der Waals surface area contributed by atoms with Crippen LogP contribution < -0.4 is 5.32 Å². The first-order chi connectivity index (χ1) is 8.28. The lowest BCUT2D eigenvalue weighted by atomic mass is 10.3. The number of aromatic amines is 1. The largest absolute Gasteiger partial charge is 0.385 e. The molecule has 0 fully saturated rings. The molecule has 4 nitrogen and oxygen atoms in total. The van der Waals surface area contributed by atoms with Crippen LogP contribution in [0.25, 0.3) is 0 Å². The molecule has 0 atom stereocenters. The Kier molecular flexibility index (Phi) is 3.98. The number of nitrogens with zero attached hydrogens (tertiary/aromatic N) is 2. The lowest BCUT2D eigenvalue weighted by molar-refractivity contribution is 0.901. The predicted octanol–water partition coefficient (Wildman–Crippen LogP) is 2.68. The maximum absolute atomic E-state index is 5.89. The van der Waals surface area contributed by atoms with Gasteiger partial charge in [0.1, 0.15) is 11.6 Å². The third-order valence-electron chi connectivity index (χ3n) is 2.41. The van der Waals surface area contributed by atoms with Crippen LogP contribution in [0.4, 0.5) is 5.69 Å². The van der Waals surface area contributed by atoms with Gasteiger partial charge in [0, 0.05) is 30.1 Å². The quantitative estimate of drug-likeness (QED) is 0.858. The lowest BCUT2D eigenvalue weighted by Gasteiger charge is -2.04. The number of rotatable bonds is 5. The number of benzene rings is 1. The molecule has 0 aliphatic heterocycles. The van der Waals surface area contributed by atoms with Gasteiger partial charge in [0.05, 0.1) is 0 Å². The summed E-state index contributed by atoms with van der Waals surface area (Å²) in [6.45, 7) is 2.84. The fourth-order valence-corrected chi connectivity index (χ4v) is 1.72. The second kappa shape index (κ2) is 5.68. The number of hydrogen-bond donors (Lipinski definition) is 2. The molecule has 0 bridgehead atoms. The van der Waals surface area contributed by atoms with Gasteiger partial charge < -0.3 is 5.32 Å². The average Bonchev–Trinajstić information content (AvgIpc) is 2.77. The van der Waals surface area contributed by atoms with Crippen LogP contribution in [0.2, 0.25) is 5.02 Å². The third-order valence-corrected chi connectivity index (χ3v) is 2.64. The van der Waals surface area contributed by atoms with Crippen molar-refractivity contribution in [2.75, 3.05) is 11.9 Å². The van der Waals surface area contributed by atoms with E-state index in [9.17, 15) is 0 Å². The molecule has 90 valence electrons. The normalized spacial score (nSPS) is 10.5. The molecule has 0 spiro atoms. The minimum atomic E-state index is 0.739. The SMILES string of the molecule is CCc1n[nH]c(CCNc2cccc(Cl)c2)n1. The Morgan fingerprint density at radius 3 is 3.00 bits per heavy atom. The number of nitrogens with one attached hydrogen (secondary N) is 2. The van der Waals surface area contributed by atoms with E-state index in [1.165, 1.54) is 0 Å². The van der Waals surface area contributed by atoms with Crippen molar-refractivity contribution in [2.24, 2.45) is 0 Å². The number of H-pyrrole nitrogens is 1. The Bertz CT molecular complexity index is 481. The molecule has 1 aromatic carbocycles. The predicted molar refractivity (Wildman–Crippen MR) is 69.4 cm³/mol. The van der Waals surface area contributed by atoms with Gasteiger partial charge in [0.25, 0.3) is 0 Å². The standard InChI is InChI=1S/C12H15ClN4/c1-2-11-15-12(17-16-11)6-7-14-10-5-3-4-9(13)8-10/h3-5,8,14H,2,6-7H2,1H3,(H,15,16,17). The van der Waals surface area contributed by atoms with Gasteiger partial charge in [0.2, 0.25) is 0 Å². The molecule has 0 saturated heterocycles. The number of halogens is 1. The summed E-state index contributed by atoms with van der Waals surface area (Å²) >= 11 is 5.89. The molecule has 17 heavy (non-hydrogen) atoms. The summed E-state index contributed by atoms with van der Waals surface area (Å²) in [7, 11) is 0. The van der Waals surface area contributed by atoms with Crippen LogP contribution in [0.1, 0.15) is 18.6 Å². The second-order valence-electron chi connectivity index (χ2n) is 3.74. The first kappa shape index (κ1) is 11.9. The molecule has 0 radical (unpaired) electrons. The van der Waals surface area contributed by atoms with E-state index in [4.69, 9.17) is 11.6 Å². The van der Waals surface area contributed by atoms with Gasteiger partial charge >= 0.3 is 0 Å². The van der Waals surface area contributed by atoms with E-state index in [1.54, 1.807) is 0 Å². The van der Waals surface area contributed by atoms with E-state index in [0.717, 1.165) is 41.7 Å².